The third kappa shape index (κ3) is 2.60. The van der Waals surface area contributed by atoms with Crippen LogP contribution in [0, 0.1) is 0 Å². The van der Waals surface area contributed by atoms with Crippen LogP contribution in [0.3, 0.4) is 0 Å². The summed E-state index contributed by atoms with van der Waals surface area (Å²) in [5.41, 5.74) is 1.62. The highest BCUT2D eigenvalue weighted by molar-refractivity contribution is 5.80. The number of methoxy groups -OCH3 is 1. The maximum absolute atomic E-state index is 12.2. The van der Waals surface area contributed by atoms with Crippen LogP contribution in [0.4, 0.5) is 0 Å². The SMILES string of the molecule is COc1ccc2cc(CN3CC=CCC3)c(=O)[nH]c2c1. The first kappa shape index (κ1) is 12.9. The average molecular weight is 270 g/mol. The minimum absolute atomic E-state index is 0.0136. The summed E-state index contributed by atoms with van der Waals surface area (Å²) in [6.07, 6.45) is 5.40. The Balaban J connectivity index is 1.93. The molecule has 2 aromatic rings. The van der Waals surface area contributed by atoms with E-state index in [0.29, 0.717) is 6.54 Å². The molecule has 20 heavy (non-hydrogen) atoms. The molecule has 0 amide bonds. The zero-order valence-electron chi connectivity index (χ0n) is 11.6. The van der Waals surface area contributed by atoms with Crippen LogP contribution in [0.25, 0.3) is 10.9 Å². The number of nitrogens with zero attached hydrogens (tertiary/aromatic N) is 1. The minimum atomic E-state index is -0.0136. The molecule has 0 saturated carbocycles. The summed E-state index contributed by atoms with van der Waals surface area (Å²) in [5.74, 6) is 0.752. The fraction of sp³-hybridized carbons (Fsp3) is 0.312. The molecular weight excluding hydrogens is 252 g/mol. The number of nitrogens with one attached hydrogen (secondary N) is 1. The number of fused-ring (bicyclic) bond motifs is 1. The van der Waals surface area contributed by atoms with Gasteiger partial charge >= 0.3 is 0 Å². The number of H-pyrrole nitrogens is 1. The maximum Gasteiger partial charge on any atom is 0.252 e. The lowest BCUT2D eigenvalue weighted by Crippen LogP contribution is -2.29. The Hall–Kier alpha value is -2.07. The fourth-order valence-electron chi connectivity index (χ4n) is 2.54. The van der Waals surface area contributed by atoms with E-state index in [1.165, 1.54) is 0 Å². The van der Waals surface area contributed by atoms with E-state index < -0.39 is 0 Å². The van der Waals surface area contributed by atoms with Crippen LogP contribution in [0.2, 0.25) is 0 Å². The van der Waals surface area contributed by atoms with Crippen LogP contribution < -0.4 is 10.3 Å². The van der Waals surface area contributed by atoms with Gasteiger partial charge < -0.3 is 9.72 Å². The van der Waals surface area contributed by atoms with Crippen molar-refractivity contribution in [3.8, 4) is 5.75 Å². The molecule has 0 atom stereocenters. The summed E-state index contributed by atoms with van der Waals surface area (Å²) in [6.45, 7) is 2.62. The Bertz CT molecular complexity index is 703. The standard InChI is InChI=1S/C16H18N2O2/c1-20-14-6-5-12-9-13(16(19)17-15(12)10-14)11-18-7-3-2-4-8-18/h2-3,5-6,9-10H,4,7-8,11H2,1H3,(H,17,19). The zero-order chi connectivity index (χ0) is 13.9. The van der Waals surface area contributed by atoms with Gasteiger partial charge in [-0.25, -0.2) is 0 Å². The van der Waals surface area contributed by atoms with E-state index in [0.717, 1.165) is 41.7 Å². The molecule has 0 aliphatic carbocycles. The predicted octanol–water partition coefficient (Wildman–Crippen LogP) is 2.30. The van der Waals surface area contributed by atoms with Crippen molar-refractivity contribution in [3.63, 3.8) is 0 Å². The lowest BCUT2D eigenvalue weighted by Gasteiger charge is -2.22. The summed E-state index contributed by atoms with van der Waals surface area (Å²) < 4.78 is 5.18. The molecule has 0 spiro atoms. The van der Waals surface area contributed by atoms with Gasteiger partial charge in [0.15, 0.2) is 0 Å². The Morgan fingerprint density at radius 1 is 1.30 bits per heavy atom. The Labute approximate surface area is 117 Å². The molecular formula is C16H18N2O2. The second-order valence-electron chi connectivity index (χ2n) is 5.07. The minimum Gasteiger partial charge on any atom is -0.497 e. The van der Waals surface area contributed by atoms with Crippen molar-refractivity contribution in [2.24, 2.45) is 0 Å². The van der Waals surface area contributed by atoms with Gasteiger partial charge in [-0.2, -0.15) is 0 Å². The second-order valence-corrected chi connectivity index (χ2v) is 5.07. The first-order valence-corrected chi connectivity index (χ1v) is 6.83. The largest absolute Gasteiger partial charge is 0.497 e. The van der Waals surface area contributed by atoms with Gasteiger partial charge in [0.25, 0.3) is 5.56 Å². The van der Waals surface area contributed by atoms with Crippen LogP contribution in [0.5, 0.6) is 5.75 Å². The highest BCUT2D eigenvalue weighted by Gasteiger charge is 2.10. The number of benzene rings is 1. The molecule has 3 rings (SSSR count). The van der Waals surface area contributed by atoms with E-state index >= 15 is 0 Å². The molecule has 0 radical (unpaired) electrons. The number of ether oxygens (including phenoxy) is 1. The summed E-state index contributed by atoms with van der Waals surface area (Å²) in [4.78, 5) is 17.4. The van der Waals surface area contributed by atoms with Crippen molar-refractivity contribution in [3.05, 3.63) is 52.3 Å². The molecule has 1 aromatic carbocycles. The second kappa shape index (κ2) is 5.51. The summed E-state index contributed by atoms with van der Waals surface area (Å²) in [5, 5.41) is 1.04. The van der Waals surface area contributed by atoms with E-state index in [2.05, 4.69) is 22.0 Å². The van der Waals surface area contributed by atoms with E-state index in [4.69, 9.17) is 4.74 Å². The third-order valence-electron chi connectivity index (χ3n) is 3.67. The Kier molecular flexibility index (Phi) is 3.56. The van der Waals surface area contributed by atoms with E-state index in [1.807, 2.05) is 24.3 Å². The van der Waals surface area contributed by atoms with E-state index in [-0.39, 0.29) is 5.56 Å². The fourth-order valence-corrected chi connectivity index (χ4v) is 2.54. The van der Waals surface area contributed by atoms with Crippen molar-refractivity contribution in [1.82, 2.24) is 9.88 Å². The quantitative estimate of drug-likeness (QED) is 0.870. The monoisotopic (exact) mass is 270 g/mol. The smallest absolute Gasteiger partial charge is 0.252 e. The summed E-state index contributed by atoms with van der Waals surface area (Å²) in [6, 6.07) is 7.72. The predicted molar refractivity (Wildman–Crippen MR) is 80.2 cm³/mol. The van der Waals surface area contributed by atoms with Crippen LogP contribution in [-0.2, 0) is 6.54 Å². The van der Waals surface area contributed by atoms with Gasteiger partial charge in [0.1, 0.15) is 5.75 Å². The van der Waals surface area contributed by atoms with Gasteiger partial charge in [-0.15, -0.1) is 0 Å². The highest BCUT2D eigenvalue weighted by Crippen LogP contribution is 2.19. The molecule has 4 nitrogen and oxygen atoms in total. The van der Waals surface area contributed by atoms with Crippen LogP contribution >= 0.6 is 0 Å². The third-order valence-corrected chi connectivity index (χ3v) is 3.67. The molecule has 1 aromatic heterocycles. The molecule has 4 heteroatoms. The first-order chi connectivity index (χ1) is 9.76. The number of hydrogen-bond acceptors (Lipinski definition) is 3. The van der Waals surface area contributed by atoms with Crippen LogP contribution in [-0.4, -0.2) is 30.1 Å². The normalized spacial score (nSPS) is 15.7. The van der Waals surface area contributed by atoms with Crippen molar-refractivity contribution >= 4 is 10.9 Å². The molecule has 0 bridgehead atoms. The molecule has 104 valence electrons. The topological polar surface area (TPSA) is 45.3 Å². The van der Waals surface area contributed by atoms with Gasteiger partial charge in [-0.05, 0) is 30.0 Å². The maximum atomic E-state index is 12.2. The number of aromatic amines is 1. The van der Waals surface area contributed by atoms with Crippen molar-refractivity contribution in [2.45, 2.75) is 13.0 Å². The van der Waals surface area contributed by atoms with Crippen LogP contribution in [0.1, 0.15) is 12.0 Å². The lowest BCUT2D eigenvalue weighted by atomic mass is 10.1. The average Bonchev–Trinajstić information content (AvgIpc) is 2.48. The Morgan fingerprint density at radius 3 is 2.95 bits per heavy atom. The number of aromatic nitrogens is 1. The molecule has 0 unspecified atom stereocenters. The molecule has 0 saturated heterocycles. The van der Waals surface area contributed by atoms with E-state index in [1.54, 1.807) is 7.11 Å². The van der Waals surface area contributed by atoms with Gasteiger partial charge in [0.2, 0.25) is 0 Å². The highest BCUT2D eigenvalue weighted by atomic mass is 16.5. The number of hydrogen-bond donors (Lipinski definition) is 1. The first-order valence-electron chi connectivity index (χ1n) is 6.83. The summed E-state index contributed by atoms with van der Waals surface area (Å²) >= 11 is 0. The molecule has 1 aliphatic rings. The Morgan fingerprint density at radius 2 is 2.20 bits per heavy atom. The van der Waals surface area contributed by atoms with Gasteiger partial charge in [0.05, 0.1) is 12.6 Å². The molecule has 1 N–H and O–H groups in total. The van der Waals surface area contributed by atoms with Crippen molar-refractivity contribution < 1.29 is 4.74 Å². The number of rotatable bonds is 3. The molecule has 1 aliphatic heterocycles. The van der Waals surface area contributed by atoms with E-state index in [9.17, 15) is 4.79 Å². The van der Waals surface area contributed by atoms with Crippen molar-refractivity contribution in [1.29, 1.82) is 0 Å². The van der Waals surface area contributed by atoms with Gasteiger partial charge in [0, 0.05) is 31.3 Å². The zero-order valence-corrected chi connectivity index (χ0v) is 11.6. The lowest BCUT2D eigenvalue weighted by molar-refractivity contribution is 0.289. The summed E-state index contributed by atoms with van der Waals surface area (Å²) in [7, 11) is 1.62. The number of pyridine rings is 1. The van der Waals surface area contributed by atoms with Crippen LogP contribution in [0.15, 0.2) is 41.2 Å². The van der Waals surface area contributed by atoms with Gasteiger partial charge in [-0.1, -0.05) is 12.2 Å². The van der Waals surface area contributed by atoms with Gasteiger partial charge in [-0.3, -0.25) is 9.69 Å². The molecule has 2 heterocycles. The molecule has 0 fully saturated rings. The van der Waals surface area contributed by atoms with Crippen molar-refractivity contribution in [2.75, 3.05) is 20.2 Å².